The van der Waals surface area contributed by atoms with Gasteiger partial charge in [0, 0.05) is 18.1 Å². The van der Waals surface area contributed by atoms with Crippen LogP contribution in [0.3, 0.4) is 0 Å². The van der Waals surface area contributed by atoms with E-state index < -0.39 is 11.4 Å². The highest BCUT2D eigenvalue weighted by atomic mass is 16.4. The zero-order chi connectivity index (χ0) is 13.6. The lowest BCUT2D eigenvalue weighted by Crippen LogP contribution is -2.26. The molecule has 0 aliphatic carbocycles. The van der Waals surface area contributed by atoms with Crippen LogP contribution in [-0.2, 0) is 24.2 Å². The van der Waals surface area contributed by atoms with E-state index in [0.29, 0.717) is 6.42 Å². The van der Waals surface area contributed by atoms with E-state index in [1.165, 1.54) is 22.9 Å². The predicted octanol–water partition coefficient (Wildman–Crippen LogP) is 3.24. The lowest BCUT2D eigenvalue weighted by Gasteiger charge is -2.21. The normalized spacial score (nSPS) is 14.8. The zero-order valence-corrected chi connectivity index (χ0v) is 11.4. The standard InChI is InChI=1S/C16H19NO2/c1-16(2,15(18)19)10-11-8-12-4-3-6-17-7-5-13(9-11)14(12)17/h5,7-9H,3-4,6,10H2,1-2H3,(H,18,19). The molecule has 0 radical (unpaired) electrons. The average Bonchev–Trinajstić information content (AvgIpc) is 2.74. The molecule has 19 heavy (non-hydrogen) atoms. The molecule has 0 spiro atoms. The summed E-state index contributed by atoms with van der Waals surface area (Å²) < 4.78 is 2.31. The van der Waals surface area contributed by atoms with Crippen molar-refractivity contribution in [3.05, 3.63) is 35.5 Å². The van der Waals surface area contributed by atoms with Gasteiger partial charge in [0.1, 0.15) is 0 Å². The Morgan fingerprint density at radius 1 is 1.42 bits per heavy atom. The van der Waals surface area contributed by atoms with Crippen molar-refractivity contribution < 1.29 is 9.90 Å². The molecule has 1 aromatic carbocycles. The largest absolute Gasteiger partial charge is 0.481 e. The van der Waals surface area contributed by atoms with Crippen LogP contribution in [0.2, 0.25) is 0 Å². The topological polar surface area (TPSA) is 42.2 Å². The maximum Gasteiger partial charge on any atom is 0.309 e. The fraction of sp³-hybridized carbons (Fsp3) is 0.438. The maximum absolute atomic E-state index is 11.3. The first-order valence-corrected chi connectivity index (χ1v) is 6.81. The SMILES string of the molecule is CC(C)(Cc1cc2c3c(ccn3CCC2)c1)C(=O)O. The van der Waals surface area contributed by atoms with Crippen LogP contribution >= 0.6 is 0 Å². The summed E-state index contributed by atoms with van der Waals surface area (Å²) in [5.74, 6) is -0.737. The number of hydrogen-bond acceptors (Lipinski definition) is 1. The average molecular weight is 257 g/mol. The quantitative estimate of drug-likeness (QED) is 0.917. The molecule has 1 aliphatic heterocycles. The summed E-state index contributed by atoms with van der Waals surface area (Å²) in [7, 11) is 0. The summed E-state index contributed by atoms with van der Waals surface area (Å²) in [6.07, 6.45) is 4.99. The van der Waals surface area contributed by atoms with Crippen LogP contribution in [0.15, 0.2) is 24.4 Å². The Morgan fingerprint density at radius 2 is 2.21 bits per heavy atom. The molecule has 3 rings (SSSR count). The summed E-state index contributed by atoms with van der Waals surface area (Å²) >= 11 is 0. The van der Waals surface area contributed by atoms with E-state index in [4.69, 9.17) is 0 Å². The molecule has 1 aromatic heterocycles. The third kappa shape index (κ3) is 2.03. The zero-order valence-electron chi connectivity index (χ0n) is 11.4. The third-order valence-corrected chi connectivity index (χ3v) is 4.07. The molecular weight excluding hydrogens is 238 g/mol. The Balaban J connectivity index is 2.05. The van der Waals surface area contributed by atoms with Gasteiger partial charge in [-0.1, -0.05) is 6.07 Å². The van der Waals surface area contributed by atoms with Crippen molar-refractivity contribution in [2.24, 2.45) is 5.41 Å². The van der Waals surface area contributed by atoms with E-state index in [2.05, 4.69) is 29.0 Å². The molecular formula is C16H19NO2. The second-order valence-corrected chi connectivity index (χ2v) is 6.17. The molecule has 0 fully saturated rings. The fourth-order valence-electron chi connectivity index (χ4n) is 3.01. The molecule has 3 nitrogen and oxygen atoms in total. The van der Waals surface area contributed by atoms with Crippen molar-refractivity contribution in [1.82, 2.24) is 4.57 Å². The highest BCUT2D eigenvalue weighted by Crippen LogP contribution is 2.30. The molecule has 0 saturated carbocycles. The van der Waals surface area contributed by atoms with E-state index >= 15 is 0 Å². The molecule has 0 amide bonds. The van der Waals surface area contributed by atoms with Gasteiger partial charge in [0.2, 0.25) is 0 Å². The number of nitrogens with zero attached hydrogens (tertiary/aromatic N) is 1. The first-order valence-electron chi connectivity index (χ1n) is 6.81. The molecule has 2 aromatic rings. The number of aliphatic carboxylic acids is 1. The lowest BCUT2D eigenvalue weighted by molar-refractivity contribution is -0.146. The molecule has 100 valence electrons. The van der Waals surface area contributed by atoms with Gasteiger partial charge in [0.05, 0.1) is 10.9 Å². The van der Waals surface area contributed by atoms with Gasteiger partial charge in [-0.25, -0.2) is 0 Å². The Morgan fingerprint density at radius 3 is 2.95 bits per heavy atom. The monoisotopic (exact) mass is 257 g/mol. The molecule has 0 saturated heterocycles. The predicted molar refractivity (Wildman–Crippen MR) is 75.4 cm³/mol. The van der Waals surface area contributed by atoms with E-state index in [1.54, 1.807) is 13.8 Å². The van der Waals surface area contributed by atoms with Gasteiger partial charge in [-0.2, -0.15) is 0 Å². The van der Waals surface area contributed by atoms with Crippen LogP contribution in [0.4, 0.5) is 0 Å². The van der Waals surface area contributed by atoms with Crippen LogP contribution < -0.4 is 0 Å². The van der Waals surface area contributed by atoms with Crippen LogP contribution in [0.5, 0.6) is 0 Å². The second-order valence-electron chi connectivity index (χ2n) is 6.17. The van der Waals surface area contributed by atoms with Gasteiger partial charge in [-0.05, 0) is 56.4 Å². The number of carbonyl (C=O) groups is 1. The highest BCUT2D eigenvalue weighted by Gasteiger charge is 2.28. The summed E-state index contributed by atoms with van der Waals surface area (Å²) in [4.78, 5) is 11.3. The number of benzene rings is 1. The highest BCUT2D eigenvalue weighted by molar-refractivity contribution is 5.85. The molecule has 1 N–H and O–H groups in total. The van der Waals surface area contributed by atoms with Crippen molar-refractivity contribution in [3.63, 3.8) is 0 Å². The Labute approximate surface area is 112 Å². The van der Waals surface area contributed by atoms with Gasteiger partial charge in [-0.3, -0.25) is 4.79 Å². The number of aryl methyl sites for hydroxylation is 2. The van der Waals surface area contributed by atoms with Gasteiger partial charge in [0.25, 0.3) is 0 Å². The van der Waals surface area contributed by atoms with Crippen LogP contribution in [0.25, 0.3) is 10.9 Å². The molecule has 2 heterocycles. The van der Waals surface area contributed by atoms with Gasteiger partial charge >= 0.3 is 5.97 Å². The van der Waals surface area contributed by atoms with Crippen molar-refractivity contribution in [3.8, 4) is 0 Å². The Kier molecular flexibility index (Phi) is 2.66. The number of hydrogen-bond donors (Lipinski definition) is 1. The maximum atomic E-state index is 11.3. The molecule has 3 heteroatoms. The minimum atomic E-state index is -0.737. The van der Waals surface area contributed by atoms with Crippen molar-refractivity contribution in [1.29, 1.82) is 0 Å². The fourth-order valence-corrected chi connectivity index (χ4v) is 3.01. The number of aromatic nitrogens is 1. The van der Waals surface area contributed by atoms with Crippen molar-refractivity contribution in [2.45, 2.75) is 39.7 Å². The molecule has 0 unspecified atom stereocenters. The minimum absolute atomic E-state index is 0.580. The van der Waals surface area contributed by atoms with Crippen LogP contribution in [0.1, 0.15) is 31.4 Å². The van der Waals surface area contributed by atoms with Gasteiger partial charge in [0.15, 0.2) is 0 Å². The number of carboxylic acid groups (broad SMARTS) is 1. The van der Waals surface area contributed by atoms with Crippen molar-refractivity contribution >= 4 is 16.9 Å². The van der Waals surface area contributed by atoms with Crippen LogP contribution in [-0.4, -0.2) is 15.6 Å². The van der Waals surface area contributed by atoms with Crippen molar-refractivity contribution in [2.75, 3.05) is 0 Å². The first kappa shape index (κ1) is 12.3. The first-order chi connectivity index (χ1) is 8.97. The van der Waals surface area contributed by atoms with Gasteiger partial charge in [-0.15, -0.1) is 0 Å². The van der Waals surface area contributed by atoms with Gasteiger partial charge < -0.3 is 9.67 Å². The van der Waals surface area contributed by atoms with E-state index in [1.807, 2.05) is 0 Å². The van der Waals surface area contributed by atoms with Crippen LogP contribution in [0, 0.1) is 5.41 Å². The second kappa shape index (κ2) is 4.12. The van der Waals surface area contributed by atoms with E-state index in [0.717, 1.165) is 18.5 Å². The lowest BCUT2D eigenvalue weighted by atomic mass is 9.84. The summed E-state index contributed by atoms with van der Waals surface area (Å²) in [5, 5.41) is 10.5. The van der Waals surface area contributed by atoms with E-state index in [9.17, 15) is 9.90 Å². The summed E-state index contributed by atoms with van der Waals surface area (Å²) in [6.45, 7) is 4.67. The molecule has 0 atom stereocenters. The number of rotatable bonds is 3. The number of carboxylic acids is 1. The smallest absolute Gasteiger partial charge is 0.309 e. The summed E-state index contributed by atoms with van der Waals surface area (Å²) in [5.41, 5.74) is 3.13. The minimum Gasteiger partial charge on any atom is -0.481 e. The Hall–Kier alpha value is -1.77. The Bertz CT molecular complexity index is 652. The third-order valence-electron chi connectivity index (χ3n) is 4.07. The summed E-state index contributed by atoms with van der Waals surface area (Å²) in [6, 6.07) is 6.48. The molecule has 0 bridgehead atoms. The molecule has 1 aliphatic rings. The van der Waals surface area contributed by atoms with E-state index in [-0.39, 0.29) is 0 Å².